The minimum atomic E-state index is -0.0455. The van der Waals surface area contributed by atoms with Gasteiger partial charge in [0.1, 0.15) is 5.72 Å². The molecule has 13 heavy (non-hydrogen) atoms. The van der Waals surface area contributed by atoms with Gasteiger partial charge in [-0.05, 0) is 31.9 Å². The van der Waals surface area contributed by atoms with Crippen LogP contribution in [0.4, 0.5) is 5.69 Å². The normalized spacial score (nSPS) is 18.2. The Morgan fingerprint density at radius 2 is 2.00 bits per heavy atom. The number of anilines is 1. The molecule has 1 aromatic rings. The Bertz CT molecular complexity index is 267. The van der Waals surface area contributed by atoms with Gasteiger partial charge in [-0.15, -0.1) is 0 Å². The quantitative estimate of drug-likeness (QED) is 0.714. The molecule has 1 saturated carbocycles. The van der Waals surface area contributed by atoms with Crippen LogP contribution in [0.25, 0.3) is 0 Å². The van der Waals surface area contributed by atoms with Crippen LogP contribution < -0.4 is 5.32 Å². The number of ether oxygens (including phenoxy) is 1. The van der Waals surface area contributed by atoms with Crippen LogP contribution in [-0.2, 0) is 4.74 Å². The van der Waals surface area contributed by atoms with Gasteiger partial charge in [-0.25, -0.2) is 0 Å². The van der Waals surface area contributed by atoms with Crippen LogP contribution in [0.2, 0.25) is 0 Å². The largest absolute Gasteiger partial charge is 0.358 e. The van der Waals surface area contributed by atoms with Crippen molar-refractivity contribution in [1.29, 1.82) is 0 Å². The lowest BCUT2D eigenvalue weighted by atomic mass is 10.3. The molecule has 2 nitrogen and oxygen atoms in total. The molecule has 1 aliphatic carbocycles. The van der Waals surface area contributed by atoms with Crippen molar-refractivity contribution in [3.63, 3.8) is 0 Å². The zero-order valence-corrected chi connectivity index (χ0v) is 7.92. The molecule has 2 rings (SSSR count). The highest BCUT2D eigenvalue weighted by Crippen LogP contribution is 2.39. The Hall–Kier alpha value is -1.02. The molecule has 1 aliphatic rings. The second kappa shape index (κ2) is 3.38. The van der Waals surface area contributed by atoms with Crippen LogP contribution in [-0.4, -0.2) is 12.3 Å². The van der Waals surface area contributed by atoms with Gasteiger partial charge in [0.05, 0.1) is 0 Å². The molecule has 2 heteroatoms. The van der Waals surface area contributed by atoms with Gasteiger partial charge in [0.15, 0.2) is 0 Å². The maximum atomic E-state index is 5.63. The van der Waals surface area contributed by atoms with E-state index in [0.29, 0.717) is 0 Å². The van der Waals surface area contributed by atoms with E-state index < -0.39 is 0 Å². The van der Waals surface area contributed by atoms with Crippen LogP contribution in [0.5, 0.6) is 0 Å². The van der Waals surface area contributed by atoms with Gasteiger partial charge in [-0.1, -0.05) is 18.2 Å². The smallest absolute Gasteiger partial charge is 0.139 e. The molecule has 70 valence electrons. The predicted molar refractivity (Wildman–Crippen MR) is 53.7 cm³/mol. The SMILES string of the molecule is CCOC1(Nc2ccccc2)CC1. The zero-order valence-electron chi connectivity index (χ0n) is 7.92. The molecule has 1 aromatic carbocycles. The Kier molecular flexibility index (Phi) is 2.23. The predicted octanol–water partition coefficient (Wildman–Crippen LogP) is 2.63. The van der Waals surface area contributed by atoms with Crippen LogP contribution in [0, 0.1) is 0 Å². The molecule has 0 spiro atoms. The Labute approximate surface area is 78.9 Å². The minimum absolute atomic E-state index is 0.0455. The van der Waals surface area contributed by atoms with E-state index >= 15 is 0 Å². The Morgan fingerprint density at radius 3 is 2.54 bits per heavy atom. The van der Waals surface area contributed by atoms with Crippen LogP contribution in [0.15, 0.2) is 30.3 Å². The molecule has 0 radical (unpaired) electrons. The zero-order chi connectivity index (χ0) is 9.15. The van der Waals surface area contributed by atoms with Crippen molar-refractivity contribution in [2.45, 2.75) is 25.5 Å². The molecule has 0 bridgehead atoms. The lowest BCUT2D eigenvalue weighted by Gasteiger charge is -2.18. The second-order valence-electron chi connectivity index (χ2n) is 3.42. The Morgan fingerprint density at radius 1 is 1.31 bits per heavy atom. The monoisotopic (exact) mass is 177 g/mol. The molecular weight excluding hydrogens is 162 g/mol. The molecule has 1 fully saturated rings. The molecule has 0 unspecified atom stereocenters. The van der Waals surface area contributed by atoms with Crippen molar-refractivity contribution in [3.8, 4) is 0 Å². The average molecular weight is 177 g/mol. The summed E-state index contributed by atoms with van der Waals surface area (Å²) < 4.78 is 5.63. The molecule has 0 amide bonds. The van der Waals surface area contributed by atoms with Crippen molar-refractivity contribution in [3.05, 3.63) is 30.3 Å². The van der Waals surface area contributed by atoms with E-state index in [1.165, 1.54) is 0 Å². The van der Waals surface area contributed by atoms with Gasteiger partial charge in [0.2, 0.25) is 0 Å². The molecule has 0 saturated heterocycles. The molecular formula is C11H15NO. The first kappa shape index (κ1) is 8.57. The summed E-state index contributed by atoms with van der Waals surface area (Å²) in [5, 5.41) is 3.41. The number of nitrogens with one attached hydrogen (secondary N) is 1. The molecule has 0 atom stereocenters. The fraction of sp³-hybridized carbons (Fsp3) is 0.455. The highest BCUT2D eigenvalue weighted by Gasteiger charge is 2.43. The first-order chi connectivity index (χ1) is 6.35. The topological polar surface area (TPSA) is 21.3 Å². The fourth-order valence-electron chi connectivity index (χ4n) is 1.48. The van der Waals surface area contributed by atoms with E-state index in [9.17, 15) is 0 Å². The third-order valence-corrected chi connectivity index (χ3v) is 2.27. The summed E-state index contributed by atoms with van der Waals surface area (Å²) in [5.41, 5.74) is 1.10. The van der Waals surface area contributed by atoms with Crippen molar-refractivity contribution < 1.29 is 4.74 Å². The second-order valence-corrected chi connectivity index (χ2v) is 3.42. The summed E-state index contributed by atoms with van der Waals surface area (Å²) in [7, 11) is 0. The molecule has 0 heterocycles. The number of hydrogen-bond acceptors (Lipinski definition) is 2. The van der Waals surface area contributed by atoms with E-state index in [-0.39, 0.29) is 5.72 Å². The standard InChI is InChI=1S/C11H15NO/c1-2-13-11(8-9-11)12-10-6-4-3-5-7-10/h3-7,12H,2,8-9H2,1H3. The maximum Gasteiger partial charge on any atom is 0.139 e. The summed E-state index contributed by atoms with van der Waals surface area (Å²) in [5.74, 6) is 0. The van der Waals surface area contributed by atoms with E-state index in [1.807, 2.05) is 25.1 Å². The maximum absolute atomic E-state index is 5.63. The van der Waals surface area contributed by atoms with E-state index in [0.717, 1.165) is 25.1 Å². The molecule has 0 aliphatic heterocycles. The average Bonchev–Trinajstić information content (AvgIpc) is 2.87. The highest BCUT2D eigenvalue weighted by atomic mass is 16.5. The van der Waals surface area contributed by atoms with E-state index in [2.05, 4.69) is 17.4 Å². The van der Waals surface area contributed by atoms with Crippen LogP contribution in [0.3, 0.4) is 0 Å². The summed E-state index contributed by atoms with van der Waals surface area (Å²) in [6, 6.07) is 10.2. The van der Waals surface area contributed by atoms with Crippen LogP contribution in [0.1, 0.15) is 19.8 Å². The number of benzene rings is 1. The number of para-hydroxylation sites is 1. The summed E-state index contributed by atoms with van der Waals surface area (Å²) in [6.07, 6.45) is 2.24. The van der Waals surface area contributed by atoms with Gasteiger partial charge in [0.25, 0.3) is 0 Å². The Balaban J connectivity index is 1.98. The van der Waals surface area contributed by atoms with E-state index in [4.69, 9.17) is 4.74 Å². The number of rotatable bonds is 4. The van der Waals surface area contributed by atoms with Gasteiger partial charge in [-0.2, -0.15) is 0 Å². The van der Waals surface area contributed by atoms with Crippen molar-refractivity contribution >= 4 is 5.69 Å². The lowest BCUT2D eigenvalue weighted by molar-refractivity contribution is 0.0632. The fourth-order valence-corrected chi connectivity index (χ4v) is 1.48. The number of hydrogen-bond donors (Lipinski definition) is 1. The van der Waals surface area contributed by atoms with Gasteiger partial charge in [-0.3, -0.25) is 0 Å². The molecule has 1 N–H and O–H groups in total. The van der Waals surface area contributed by atoms with Crippen molar-refractivity contribution in [2.75, 3.05) is 11.9 Å². The third-order valence-electron chi connectivity index (χ3n) is 2.27. The van der Waals surface area contributed by atoms with Gasteiger partial charge >= 0.3 is 0 Å². The van der Waals surface area contributed by atoms with Gasteiger partial charge < -0.3 is 10.1 Å². The first-order valence-electron chi connectivity index (χ1n) is 4.82. The van der Waals surface area contributed by atoms with E-state index in [1.54, 1.807) is 0 Å². The highest BCUT2D eigenvalue weighted by molar-refractivity contribution is 5.45. The van der Waals surface area contributed by atoms with Crippen molar-refractivity contribution in [2.24, 2.45) is 0 Å². The molecule has 0 aromatic heterocycles. The van der Waals surface area contributed by atoms with Crippen molar-refractivity contribution in [1.82, 2.24) is 0 Å². The van der Waals surface area contributed by atoms with Crippen LogP contribution >= 0.6 is 0 Å². The van der Waals surface area contributed by atoms with Gasteiger partial charge in [0, 0.05) is 12.3 Å². The lowest BCUT2D eigenvalue weighted by Crippen LogP contribution is -2.24. The minimum Gasteiger partial charge on any atom is -0.358 e. The summed E-state index contributed by atoms with van der Waals surface area (Å²) >= 11 is 0. The third kappa shape index (κ3) is 2.01. The summed E-state index contributed by atoms with van der Waals surface area (Å²) in [6.45, 7) is 2.81. The first-order valence-corrected chi connectivity index (χ1v) is 4.82. The summed E-state index contributed by atoms with van der Waals surface area (Å²) in [4.78, 5) is 0.